The van der Waals surface area contributed by atoms with Crippen molar-refractivity contribution in [3.63, 3.8) is 0 Å². The zero-order chi connectivity index (χ0) is 26.2. The van der Waals surface area contributed by atoms with Crippen molar-refractivity contribution in [1.82, 2.24) is 0 Å². The van der Waals surface area contributed by atoms with E-state index in [0.717, 1.165) is 16.7 Å². The van der Waals surface area contributed by atoms with E-state index in [0.29, 0.717) is 0 Å². The summed E-state index contributed by atoms with van der Waals surface area (Å²) in [7, 11) is 0. The predicted octanol–water partition coefficient (Wildman–Crippen LogP) is 10.8. The third kappa shape index (κ3) is 4.60. The Bertz CT molecular complexity index is 1930. The van der Waals surface area contributed by atoms with Crippen LogP contribution in [0.2, 0.25) is 0 Å². The monoisotopic (exact) mass is 500 g/mol. The van der Waals surface area contributed by atoms with Gasteiger partial charge in [0, 0.05) is 0 Å². The highest BCUT2D eigenvalue weighted by molar-refractivity contribution is 5.92. The van der Waals surface area contributed by atoms with Crippen LogP contribution in [-0.2, 0) is 0 Å². The topological polar surface area (TPSA) is 0 Å². The van der Waals surface area contributed by atoms with Crippen LogP contribution in [0.3, 0.4) is 0 Å². The quantitative estimate of drug-likeness (QED) is 0.225. The van der Waals surface area contributed by atoms with E-state index in [9.17, 15) is 4.39 Å². The molecule has 7 aromatic rings. The zero-order valence-electron chi connectivity index (χ0n) is 21.3. The van der Waals surface area contributed by atoms with Crippen LogP contribution in [-0.4, -0.2) is 0 Å². The Labute approximate surface area is 227 Å². The Morgan fingerprint density at radius 2 is 0.564 bits per heavy atom. The van der Waals surface area contributed by atoms with Crippen LogP contribution in [0.1, 0.15) is 0 Å². The van der Waals surface area contributed by atoms with Crippen LogP contribution in [0.15, 0.2) is 152 Å². The number of fused-ring (bicyclic) bond motifs is 2. The molecule has 0 aliphatic heterocycles. The van der Waals surface area contributed by atoms with Crippen LogP contribution in [0.25, 0.3) is 66.1 Å². The minimum atomic E-state index is -0.216. The average molecular weight is 501 g/mol. The zero-order valence-corrected chi connectivity index (χ0v) is 21.3. The lowest BCUT2D eigenvalue weighted by molar-refractivity contribution is 0.628. The molecule has 0 amide bonds. The second-order valence-corrected chi connectivity index (χ2v) is 10.0. The van der Waals surface area contributed by atoms with E-state index < -0.39 is 0 Å². The van der Waals surface area contributed by atoms with E-state index in [1.165, 1.54) is 61.5 Å². The van der Waals surface area contributed by atoms with Gasteiger partial charge in [-0.25, -0.2) is 4.39 Å². The van der Waals surface area contributed by atoms with E-state index in [-0.39, 0.29) is 5.82 Å². The first kappa shape index (κ1) is 23.1. The first-order valence-corrected chi connectivity index (χ1v) is 13.2. The molecular formula is C38H25F. The van der Waals surface area contributed by atoms with Crippen LogP contribution in [0.4, 0.5) is 4.39 Å². The Kier molecular flexibility index (Phi) is 5.75. The molecule has 0 bridgehead atoms. The van der Waals surface area contributed by atoms with Crippen LogP contribution in [0, 0.1) is 5.82 Å². The Morgan fingerprint density at radius 1 is 0.256 bits per heavy atom. The highest BCUT2D eigenvalue weighted by Gasteiger charge is 2.06. The number of hydrogen-bond acceptors (Lipinski definition) is 0. The lowest BCUT2D eigenvalue weighted by Gasteiger charge is -2.09. The average Bonchev–Trinajstić information content (AvgIpc) is 3.01. The highest BCUT2D eigenvalue weighted by atomic mass is 19.1. The summed E-state index contributed by atoms with van der Waals surface area (Å²) >= 11 is 0. The van der Waals surface area contributed by atoms with Gasteiger partial charge in [0.25, 0.3) is 0 Å². The van der Waals surface area contributed by atoms with E-state index in [1.807, 2.05) is 12.1 Å². The van der Waals surface area contributed by atoms with Gasteiger partial charge in [0.15, 0.2) is 0 Å². The molecule has 0 fully saturated rings. The lowest BCUT2D eigenvalue weighted by atomic mass is 9.95. The molecule has 0 spiro atoms. The molecule has 0 saturated heterocycles. The van der Waals surface area contributed by atoms with Gasteiger partial charge in [-0.1, -0.05) is 121 Å². The van der Waals surface area contributed by atoms with Crippen molar-refractivity contribution in [2.24, 2.45) is 0 Å². The summed E-state index contributed by atoms with van der Waals surface area (Å²) in [5.41, 5.74) is 9.29. The maximum absolute atomic E-state index is 13.3. The molecule has 184 valence electrons. The number of rotatable bonds is 4. The molecule has 0 radical (unpaired) electrons. The fraction of sp³-hybridized carbons (Fsp3) is 0. The van der Waals surface area contributed by atoms with Crippen molar-refractivity contribution in [3.05, 3.63) is 157 Å². The number of halogens is 1. The second kappa shape index (κ2) is 9.70. The molecule has 0 N–H and O–H groups in total. The fourth-order valence-electron chi connectivity index (χ4n) is 5.33. The third-order valence-electron chi connectivity index (χ3n) is 7.54. The SMILES string of the molecule is Fc1ccc(-c2ccc(-c3ccc4ccc(-c5ccc(-c6ccc7ccccc7c6)cc5)cc4c3)cc2)cc1. The largest absolute Gasteiger partial charge is 0.207 e. The van der Waals surface area contributed by atoms with Gasteiger partial charge < -0.3 is 0 Å². The molecule has 0 aliphatic rings. The Morgan fingerprint density at radius 3 is 1.03 bits per heavy atom. The van der Waals surface area contributed by atoms with Gasteiger partial charge in [0.2, 0.25) is 0 Å². The van der Waals surface area contributed by atoms with Gasteiger partial charge in [0.05, 0.1) is 0 Å². The summed E-state index contributed by atoms with van der Waals surface area (Å²) in [5.74, 6) is -0.216. The molecule has 1 heteroatoms. The van der Waals surface area contributed by atoms with Crippen molar-refractivity contribution in [2.45, 2.75) is 0 Å². The molecule has 0 nitrogen and oxygen atoms in total. The third-order valence-corrected chi connectivity index (χ3v) is 7.54. The first-order valence-electron chi connectivity index (χ1n) is 13.2. The summed E-state index contributed by atoms with van der Waals surface area (Å²) in [5, 5.41) is 4.95. The van der Waals surface area contributed by atoms with Crippen molar-refractivity contribution in [1.29, 1.82) is 0 Å². The number of hydrogen-bond donors (Lipinski definition) is 0. The summed E-state index contributed by atoms with van der Waals surface area (Å²) in [4.78, 5) is 0. The second-order valence-electron chi connectivity index (χ2n) is 10.0. The van der Waals surface area contributed by atoms with Crippen LogP contribution >= 0.6 is 0 Å². The molecule has 7 aromatic carbocycles. The summed E-state index contributed by atoms with van der Waals surface area (Å²) < 4.78 is 13.3. The van der Waals surface area contributed by atoms with E-state index in [2.05, 4.69) is 127 Å². The first-order chi connectivity index (χ1) is 19.2. The summed E-state index contributed by atoms with van der Waals surface area (Å²) in [6, 6.07) is 52.4. The lowest BCUT2D eigenvalue weighted by Crippen LogP contribution is -1.84. The van der Waals surface area contributed by atoms with Crippen molar-refractivity contribution >= 4 is 21.5 Å². The number of benzene rings is 7. The van der Waals surface area contributed by atoms with E-state index in [4.69, 9.17) is 0 Å². The maximum atomic E-state index is 13.3. The molecule has 0 aromatic heterocycles. The van der Waals surface area contributed by atoms with Gasteiger partial charge in [-0.15, -0.1) is 0 Å². The van der Waals surface area contributed by atoms with Crippen molar-refractivity contribution in [2.75, 3.05) is 0 Å². The van der Waals surface area contributed by atoms with Gasteiger partial charge in [0.1, 0.15) is 5.82 Å². The molecule has 0 aliphatic carbocycles. The summed E-state index contributed by atoms with van der Waals surface area (Å²) in [6.07, 6.45) is 0. The summed E-state index contributed by atoms with van der Waals surface area (Å²) in [6.45, 7) is 0. The van der Waals surface area contributed by atoms with Crippen molar-refractivity contribution in [3.8, 4) is 44.5 Å². The van der Waals surface area contributed by atoms with Gasteiger partial charge >= 0.3 is 0 Å². The van der Waals surface area contributed by atoms with Crippen LogP contribution < -0.4 is 0 Å². The van der Waals surface area contributed by atoms with Gasteiger partial charge in [-0.05, 0) is 96.4 Å². The molecule has 39 heavy (non-hydrogen) atoms. The Hall–Kier alpha value is -5.01. The molecule has 0 atom stereocenters. The van der Waals surface area contributed by atoms with Crippen molar-refractivity contribution < 1.29 is 4.39 Å². The van der Waals surface area contributed by atoms with E-state index in [1.54, 1.807) is 0 Å². The predicted molar refractivity (Wildman–Crippen MR) is 163 cm³/mol. The standard InChI is InChI=1S/C38H25F/c39-38-21-19-28(20-22-38)27-5-7-30(8-6-27)35-17-14-32-15-18-36(25-37(32)24-35)31-11-9-29(10-12-31)34-16-13-26-3-1-2-4-33(26)23-34/h1-25H. The normalized spacial score (nSPS) is 11.2. The molecule has 7 rings (SSSR count). The molecule has 0 unspecified atom stereocenters. The van der Waals surface area contributed by atoms with Gasteiger partial charge in [-0.2, -0.15) is 0 Å². The Balaban J connectivity index is 1.17. The maximum Gasteiger partial charge on any atom is 0.123 e. The fourth-order valence-corrected chi connectivity index (χ4v) is 5.33. The highest BCUT2D eigenvalue weighted by Crippen LogP contribution is 2.32. The minimum Gasteiger partial charge on any atom is -0.207 e. The van der Waals surface area contributed by atoms with Gasteiger partial charge in [-0.3, -0.25) is 0 Å². The molecule has 0 saturated carbocycles. The minimum absolute atomic E-state index is 0.216. The molecule has 0 heterocycles. The van der Waals surface area contributed by atoms with Crippen LogP contribution in [0.5, 0.6) is 0 Å². The van der Waals surface area contributed by atoms with E-state index >= 15 is 0 Å². The smallest absolute Gasteiger partial charge is 0.123 e. The molecular weight excluding hydrogens is 475 g/mol.